The first-order valence-electron chi connectivity index (χ1n) is 9.10. The van der Waals surface area contributed by atoms with Crippen LogP contribution in [0, 0.1) is 0 Å². The molecule has 2 unspecified atom stereocenters. The molecule has 0 amide bonds. The fourth-order valence-corrected chi connectivity index (χ4v) is 12.1. The van der Waals surface area contributed by atoms with Crippen molar-refractivity contribution in [1.29, 1.82) is 0 Å². The van der Waals surface area contributed by atoms with Crippen LogP contribution in [0.1, 0.15) is 55.4 Å². The van der Waals surface area contributed by atoms with Gasteiger partial charge in [-0.2, -0.15) is 0 Å². The highest BCUT2D eigenvalue weighted by molar-refractivity contribution is 6.82. The molecule has 120 valence electrons. The summed E-state index contributed by atoms with van der Waals surface area (Å²) >= 11 is 0. The van der Waals surface area contributed by atoms with Gasteiger partial charge in [-0.3, -0.25) is 0 Å². The smallest absolute Gasteiger partial charge is 0.0593 e. The highest BCUT2D eigenvalue weighted by Crippen LogP contribution is 2.37. The zero-order chi connectivity index (χ0) is 15.8. The molecular formula is C18H40Si2. The van der Waals surface area contributed by atoms with Crippen LogP contribution in [0.5, 0.6) is 0 Å². The fourth-order valence-electron chi connectivity index (χ4n) is 4.17. The second-order valence-electron chi connectivity index (χ2n) is 6.81. The third-order valence-corrected chi connectivity index (χ3v) is 19.5. The van der Waals surface area contributed by atoms with Crippen molar-refractivity contribution in [2.75, 3.05) is 0 Å². The van der Waals surface area contributed by atoms with Gasteiger partial charge in [0.25, 0.3) is 0 Å². The predicted octanol–water partition coefficient (Wildman–Crippen LogP) is 7.34. The van der Waals surface area contributed by atoms with Crippen molar-refractivity contribution in [2.24, 2.45) is 0 Å². The standard InChI is InChI=1S/C18H40Si2/c1-9-19(10-2,11-3)17(7)15-16-18(8)20(12-4,13-5)14-6/h15-18H,9-14H2,1-8H3/b16-15+. The van der Waals surface area contributed by atoms with Gasteiger partial charge < -0.3 is 0 Å². The molecule has 0 rings (SSSR count). The summed E-state index contributed by atoms with van der Waals surface area (Å²) in [7, 11) is -2.10. The summed E-state index contributed by atoms with van der Waals surface area (Å²) < 4.78 is 0. The van der Waals surface area contributed by atoms with E-state index in [9.17, 15) is 0 Å². The molecule has 2 heteroatoms. The van der Waals surface area contributed by atoms with E-state index in [0.717, 1.165) is 11.1 Å². The van der Waals surface area contributed by atoms with Crippen molar-refractivity contribution >= 4 is 16.1 Å². The molecule has 0 spiro atoms. The zero-order valence-electron chi connectivity index (χ0n) is 15.6. The summed E-state index contributed by atoms with van der Waals surface area (Å²) in [6.07, 6.45) is 5.24. The van der Waals surface area contributed by atoms with E-state index in [0.29, 0.717) is 0 Å². The van der Waals surface area contributed by atoms with Gasteiger partial charge in [-0.15, -0.1) is 0 Å². The Balaban J connectivity index is 5.01. The largest absolute Gasteiger partial charge is 0.0884 e. The summed E-state index contributed by atoms with van der Waals surface area (Å²) in [6, 6.07) is 8.65. The van der Waals surface area contributed by atoms with Gasteiger partial charge in [-0.05, 0) is 11.1 Å². The number of hydrogen-bond acceptors (Lipinski definition) is 0. The molecule has 0 radical (unpaired) electrons. The topological polar surface area (TPSA) is 0 Å². The van der Waals surface area contributed by atoms with Gasteiger partial charge in [0, 0.05) is 0 Å². The van der Waals surface area contributed by atoms with Crippen molar-refractivity contribution in [3.05, 3.63) is 12.2 Å². The Kier molecular flexibility index (Phi) is 9.32. The summed E-state index contributed by atoms with van der Waals surface area (Å²) in [5, 5.41) is 0. The average molecular weight is 313 g/mol. The molecule has 0 aromatic rings. The van der Waals surface area contributed by atoms with Crippen LogP contribution < -0.4 is 0 Å². The van der Waals surface area contributed by atoms with Gasteiger partial charge in [0.05, 0.1) is 16.1 Å². The first kappa shape index (κ1) is 20.2. The third kappa shape index (κ3) is 4.33. The molecule has 0 aliphatic rings. The van der Waals surface area contributed by atoms with Crippen LogP contribution in [-0.2, 0) is 0 Å². The normalized spacial score (nSPS) is 16.6. The predicted molar refractivity (Wildman–Crippen MR) is 102 cm³/mol. The van der Waals surface area contributed by atoms with Crippen LogP contribution in [0.25, 0.3) is 0 Å². The molecule has 0 bridgehead atoms. The number of allylic oxidation sites excluding steroid dienone is 2. The molecule has 20 heavy (non-hydrogen) atoms. The van der Waals surface area contributed by atoms with E-state index in [-0.39, 0.29) is 0 Å². The van der Waals surface area contributed by atoms with E-state index in [4.69, 9.17) is 0 Å². The molecule has 2 atom stereocenters. The Morgan fingerprint density at radius 3 is 0.900 bits per heavy atom. The lowest BCUT2D eigenvalue weighted by atomic mass is 10.3. The zero-order valence-corrected chi connectivity index (χ0v) is 17.6. The van der Waals surface area contributed by atoms with Gasteiger partial charge in [-0.1, -0.05) is 104 Å². The molecule has 0 saturated heterocycles. The van der Waals surface area contributed by atoms with Gasteiger partial charge >= 0.3 is 0 Å². The molecule has 0 heterocycles. The fraction of sp³-hybridized carbons (Fsp3) is 0.889. The molecule has 0 aliphatic heterocycles. The minimum absolute atomic E-state index is 0.849. The minimum atomic E-state index is -1.05. The van der Waals surface area contributed by atoms with Crippen LogP contribution in [0.3, 0.4) is 0 Å². The van der Waals surface area contributed by atoms with E-state index < -0.39 is 16.1 Å². The van der Waals surface area contributed by atoms with Crippen LogP contribution in [0.15, 0.2) is 12.2 Å². The first-order chi connectivity index (χ1) is 9.41. The first-order valence-corrected chi connectivity index (χ1v) is 14.5. The molecule has 0 aromatic heterocycles. The van der Waals surface area contributed by atoms with Crippen molar-refractivity contribution in [1.82, 2.24) is 0 Å². The lowest BCUT2D eigenvalue weighted by Gasteiger charge is -2.35. The van der Waals surface area contributed by atoms with Crippen molar-refractivity contribution in [2.45, 2.75) is 103 Å². The summed E-state index contributed by atoms with van der Waals surface area (Å²) in [4.78, 5) is 0. The van der Waals surface area contributed by atoms with E-state index in [1.54, 1.807) is 0 Å². The maximum Gasteiger partial charge on any atom is 0.0593 e. The minimum Gasteiger partial charge on any atom is -0.0884 e. The maximum absolute atomic E-state index is 2.62. The third-order valence-electron chi connectivity index (χ3n) is 6.85. The second kappa shape index (κ2) is 9.24. The highest BCUT2D eigenvalue weighted by atomic mass is 28.3. The number of hydrogen-bond donors (Lipinski definition) is 0. The molecule has 0 aromatic carbocycles. The van der Waals surface area contributed by atoms with Crippen molar-refractivity contribution < 1.29 is 0 Å². The molecule has 0 aliphatic carbocycles. The van der Waals surface area contributed by atoms with Gasteiger partial charge in [-0.25, -0.2) is 0 Å². The molecular weight excluding hydrogens is 272 g/mol. The van der Waals surface area contributed by atoms with Crippen LogP contribution in [0.4, 0.5) is 0 Å². The maximum atomic E-state index is 2.62. The quantitative estimate of drug-likeness (QED) is 0.292. The number of rotatable bonds is 10. The summed E-state index contributed by atoms with van der Waals surface area (Å²) in [5.41, 5.74) is 1.70. The van der Waals surface area contributed by atoms with E-state index in [1.165, 1.54) is 36.3 Å². The van der Waals surface area contributed by atoms with Gasteiger partial charge in [0.15, 0.2) is 0 Å². The van der Waals surface area contributed by atoms with E-state index in [2.05, 4.69) is 67.5 Å². The highest BCUT2D eigenvalue weighted by Gasteiger charge is 2.34. The summed E-state index contributed by atoms with van der Waals surface area (Å²) in [5.74, 6) is 0. The molecule has 0 N–H and O–H groups in total. The monoisotopic (exact) mass is 312 g/mol. The summed E-state index contributed by atoms with van der Waals surface area (Å²) in [6.45, 7) is 19.6. The van der Waals surface area contributed by atoms with Crippen LogP contribution in [-0.4, -0.2) is 16.1 Å². The van der Waals surface area contributed by atoms with Crippen LogP contribution in [0.2, 0.25) is 47.3 Å². The Hall–Kier alpha value is 0.174. The lowest BCUT2D eigenvalue weighted by molar-refractivity contribution is 0.978. The van der Waals surface area contributed by atoms with E-state index >= 15 is 0 Å². The van der Waals surface area contributed by atoms with Gasteiger partial charge in [0.1, 0.15) is 0 Å². The Bertz CT molecular complexity index is 231. The average Bonchev–Trinajstić information content (AvgIpc) is 2.49. The van der Waals surface area contributed by atoms with Gasteiger partial charge in [0.2, 0.25) is 0 Å². The Morgan fingerprint density at radius 2 is 0.750 bits per heavy atom. The molecule has 0 saturated carbocycles. The van der Waals surface area contributed by atoms with Crippen molar-refractivity contribution in [3.8, 4) is 0 Å². The molecule has 0 nitrogen and oxygen atoms in total. The van der Waals surface area contributed by atoms with Crippen LogP contribution >= 0.6 is 0 Å². The van der Waals surface area contributed by atoms with Crippen molar-refractivity contribution in [3.63, 3.8) is 0 Å². The molecule has 0 fully saturated rings. The second-order valence-corrected chi connectivity index (χ2v) is 18.3. The SMILES string of the molecule is CC[Si](CC)(CC)C(C)/C=C/C(C)[Si](CC)(CC)CC. The Labute approximate surface area is 131 Å². The Morgan fingerprint density at radius 1 is 0.550 bits per heavy atom. The lowest BCUT2D eigenvalue weighted by Crippen LogP contribution is -2.37. The van der Waals surface area contributed by atoms with E-state index in [1.807, 2.05) is 0 Å².